The minimum Gasteiger partial charge on any atom is -0.295 e. The summed E-state index contributed by atoms with van der Waals surface area (Å²) in [6.07, 6.45) is 0. The van der Waals surface area contributed by atoms with Crippen LogP contribution in [0, 0.1) is 17.0 Å². The van der Waals surface area contributed by atoms with Crippen molar-refractivity contribution in [3.05, 3.63) is 75.3 Å². The molecule has 0 amide bonds. The van der Waals surface area contributed by atoms with Crippen LogP contribution in [0.5, 0.6) is 0 Å². The molecule has 1 fully saturated rings. The summed E-state index contributed by atoms with van der Waals surface area (Å²) in [6.45, 7) is 8.75. The standard InChI is InChI=1S/C20H24N4O2/c1-16-3-5-18(6-4-16)15-22-11-13-23(14-12-22)21-17(2)19-7-9-20(10-8-19)24(25)26/h3-10H,11-15H2,1-2H3/b21-17-. The van der Waals surface area contributed by atoms with Gasteiger partial charge in [-0.05, 0) is 37.1 Å². The molecule has 1 saturated heterocycles. The van der Waals surface area contributed by atoms with E-state index in [0.717, 1.165) is 44.0 Å². The van der Waals surface area contributed by atoms with Crippen molar-refractivity contribution in [1.82, 2.24) is 9.91 Å². The maximum atomic E-state index is 10.7. The Kier molecular flexibility index (Phi) is 5.63. The molecule has 0 radical (unpaired) electrons. The van der Waals surface area contributed by atoms with Crippen molar-refractivity contribution in [3.8, 4) is 0 Å². The number of nitro groups is 1. The summed E-state index contributed by atoms with van der Waals surface area (Å²) in [6, 6.07) is 15.3. The number of nitro benzene ring substituents is 1. The van der Waals surface area contributed by atoms with E-state index in [0.29, 0.717) is 0 Å². The van der Waals surface area contributed by atoms with Crippen molar-refractivity contribution in [2.45, 2.75) is 20.4 Å². The predicted molar refractivity (Wildman–Crippen MR) is 103 cm³/mol. The normalized spacial score (nSPS) is 15.9. The molecule has 0 atom stereocenters. The summed E-state index contributed by atoms with van der Waals surface area (Å²) in [4.78, 5) is 12.8. The molecule has 2 aromatic carbocycles. The first-order chi connectivity index (χ1) is 12.5. The van der Waals surface area contributed by atoms with Gasteiger partial charge in [-0.3, -0.25) is 20.0 Å². The number of aryl methyl sites for hydroxylation is 1. The first-order valence-corrected chi connectivity index (χ1v) is 8.84. The maximum absolute atomic E-state index is 10.7. The van der Waals surface area contributed by atoms with E-state index in [2.05, 4.69) is 46.2 Å². The summed E-state index contributed by atoms with van der Waals surface area (Å²) < 4.78 is 0. The number of hydrazone groups is 1. The van der Waals surface area contributed by atoms with Gasteiger partial charge in [0.15, 0.2) is 0 Å². The van der Waals surface area contributed by atoms with Gasteiger partial charge in [-0.1, -0.05) is 29.8 Å². The third kappa shape index (κ3) is 4.67. The second-order valence-corrected chi connectivity index (χ2v) is 6.70. The van der Waals surface area contributed by atoms with Crippen molar-refractivity contribution in [3.63, 3.8) is 0 Å². The quantitative estimate of drug-likeness (QED) is 0.470. The second kappa shape index (κ2) is 8.10. The van der Waals surface area contributed by atoms with Crippen LogP contribution < -0.4 is 0 Å². The average molecular weight is 352 g/mol. The molecule has 1 aliphatic heterocycles. The first-order valence-electron chi connectivity index (χ1n) is 8.84. The zero-order valence-corrected chi connectivity index (χ0v) is 15.3. The highest BCUT2D eigenvalue weighted by atomic mass is 16.6. The van der Waals surface area contributed by atoms with Gasteiger partial charge in [0.2, 0.25) is 0 Å². The molecule has 2 aromatic rings. The lowest BCUT2D eigenvalue weighted by atomic mass is 10.1. The molecule has 3 rings (SSSR count). The number of nitrogens with zero attached hydrogens (tertiary/aromatic N) is 4. The molecule has 0 aromatic heterocycles. The number of non-ortho nitro benzene ring substituents is 1. The average Bonchev–Trinajstić information content (AvgIpc) is 2.65. The van der Waals surface area contributed by atoms with Gasteiger partial charge in [-0.2, -0.15) is 5.10 Å². The lowest BCUT2D eigenvalue weighted by Crippen LogP contribution is -2.43. The first kappa shape index (κ1) is 18.1. The highest BCUT2D eigenvalue weighted by Crippen LogP contribution is 2.14. The molecule has 0 unspecified atom stereocenters. The largest absolute Gasteiger partial charge is 0.295 e. The third-order valence-corrected chi connectivity index (χ3v) is 4.66. The van der Waals surface area contributed by atoms with Crippen molar-refractivity contribution in [2.24, 2.45) is 5.10 Å². The molecular formula is C20H24N4O2. The Morgan fingerprint density at radius 3 is 2.23 bits per heavy atom. The van der Waals surface area contributed by atoms with Crippen LogP contribution in [0.25, 0.3) is 0 Å². The minimum absolute atomic E-state index is 0.103. The molecule has 0 N–H and O–H groups in total. The molecule has 1 aliphatic rings. The number of rotatable bonds is 5. The summed E-state index contributed by atoms with van der Waals surface area (Å²) in [5, 5.41) is 17.5. The molecule has 0 aliphatic carbocycles. The van der Waals surface area contributed by atoms with Crippen LogP contribution in [0.1, 0.15) is 23.6 Å². The summed E-state index contributed by atoms with van der Waals surface area (Å²) in [7, 11) is 0. The van der Waals surface area contributed by atoms with E-state index < -0.39 is 0 Å². The van der Waals surface area contributed by atoms with Crippen LogP contribution in [0.3, 0.4) is 0 Å². The van der Waals surface area contributed by atoms with E-state index in [1.165, 1.54) is 23.3 Å². The van der Waals surface area contributed by atoms with Gasteiger partial charge in [-0.15, -0.1) is 0 Å². The molecule has 0 spiro atoms. The Labute approximate surface area is 153 Å². The monoisotopic (exact) mass is 352 g/mol. The van der Waals surface area contributed by atoms with E-state index in [9.17, 15) is 10.1 Å². The van der Waals surface area contributed by atoms with Crippen LogP contribution in [-0.2, 0) is 6.54 Å². The van der Waals surface area contributed by atoms with Gasteiger partial charge in [-0.25, -0.2) is 0 Å². The second-order valence-electron chi connectivity index (χ2n) is 6.70. The van der Waals surface area contributed by atoms with Crippen LogP contribution in [-0.4, -0.2) is 46.7 Å². The van der Waals surface area contributed by atoms with E-state index in [1.54, 1.807) is 12.1 Å². The zero-order valence-electron chi connectivity index (χ0n) is 15.3. The van der Waals surface area contributed by atoms with Crippen LogP contribution in [0.2, 0.25) is 0 Å². The summed E-state index contributed by atoms with van der Waals surface area (Å²) in [5.74, 6) is 0. The SMILES string of the molecule is C/C(=N/N1CCN(Cc2ccc(C)cc2)CC1)c1ccc([N+](=O)[O-])cc1. The molecule has 0 saturated carbocycles. The number of benzene rings is 2. The molecule has 136 valence electrons. The van der Waals surface area contributed by atoms with Crippen LogP contribution in [0.15, 0.2) is 53.6 Å². The van der Waals surface area contributed by atoms with E-state index in [4.69, 9.17) is 0 Å². The fourth-order valence-electron chi connectivity index (χ4n) is 3.04. The molecular weight excluding hydrogens is 328 g/mol. The highest BCUT2D eigenvalue weighted by molar-refractivity contribution is 5.98. The smallest absolute Gasteiger partial charge is 0.269 e. The summed E-state index contributed by atoms with van der Waals surface area (Å²) in [5.41, 5.74) is 4.53. The van der Waals surface area contributed by atoms with Crippen molar-refractivity contribution < 1.29 is 4.92 Å². The lowest BCUT2D eigenvalue weighted by molar-refractivity contribution is -0.384. The van der Waals surface area contributed by atoms with E-state index in [1.807, 2.05) is 6.92 Å². The van der Waals surface area contributed by atoms with Crippen LogP contribution in [0.4, 0.5) is 5.69 Å². The Balaban J connectivity index is 1.54. The number of piperazine rings is 1. The number of hydrogen-bond acceptors (Lipinski definition) is 5. The Hall–Kier alpha value is -2.73. The van der Waals surface area contributed by atoms with Crippen molar-refractivity contribution in [1.29, 1.82) is 0 Å². The van der Waals surface area contributed by atoms with Gasteiger partial charge < -0.3 is 0 Å². The van der Waals surface area contributed by atoms with Gasteiger partial charge in [0.1, 0.15) is 0 Å². The van der Waals surface area contributed by atoms with Crippen molar-refractivity contribution >= 4 is 11.4 Å². The molecule has 6 heteroatoms. The van der Waals surface area contributed by atoms with E-state index >= 15 is 0 Å². The van der Waals surface area contributed by atoms with Gasteiger partial charge in [0.05, 0.1) is 10.6 Å². The van der Waals surface area contributed by atoms with Crippen LogP contribution >= 0.6 is 0 Å². The molecule has 1 heterocycles. The Bertz CT molecular complexity index is 776. The maximum Gasteiger partial charge on any atom is 0.269 e. The predicted octanol–water partition coefficient (Wildman–Crippen LogP) is 3.45. The van der Waals surface area contributed by atoms with Crippen molar-refractivity contribution in [2.75, 3.05) is 26.2 Å². The Morgan fingerprint density at radius 1 is 1.04 bits per heavy atom. The fourth-order valence-corrected chi connectivity index (χ4v) is 3.04. The fraction of sp³-hybridized carbons (Fsp3) is 0.350. The Morgan fingerprint density at radius 2 is 1.65 bits per heavy atom. The summed E-state index contributed by atoms with van der Waals surface area (Å²) >= 11 is 0. The van der Waals surface area contributed by atoms with E-state index in [-0.39, 0.29) is 10.6 Å². The zero-order chi connectivity index (χ0) is 18.5. The van der Waals surface area contributed by atoms with Gasteiger partial charge >= 0.3 is 0 Å². The molecule has 0 bridgehead atoms. The molecule has 26 heavy (non-hydrogen) atoms. The lowest BCUT2D eigenvalue weighted by Gasteiger charge is -2.33. The molecule has 6 nitrogen and oxygen atoms in total. The third-order valence-electron chi connectivity index (χ3n) is 4.66. The minimum atomic E-state index is -0.385. The topological polar surface area (TPSA) is 62.0 Å². The van der Waals surface area contributed by atoms with Gasteiger partial charge in [0, 0.05) is 44.9 Å². The number of hydrogen-bond donors (Lipinski definition) is 0. The van der Waals surface area contributed by atoms with Gasteiger partial charge in [0.25, 0.3) is 5.69 Å². The highest BCUT2D eigenvalue weighted by Gasteiger charge is 2.16.